The van der Waals surface area contributed by atoms with Crippen molar-refractivity contribution in [1.82, 2.24) is 40.1 Å². The summed E-state index contributed by atoms with van der Waals surface area (Å²) in [5.41, 5.74) is 26.3. The topological polar surface area (TPSA) is 300 Å². The lowest BCUT2D eigenvalue weighted by atomic mass is 9.71. The SMILES string of the molecule is CC(=O)Nc1nc2ccc(C(C)(C)C)cc2s1.CC(=O)Nc1ncc(C(C)(C)C)s1.CC(C)(C)C#CC1CC1.CC(C)(C)C#CCO.CC(C)(C)C(C)(C)C.CC(C)(C)C1CC1.CC(C)(C)c1cccc(C(N)=O)c1.CC(C)(C)c1cccnc1.CC(C)(C)c1ccnc(N)n1.CC(C)(C)c1cn[nH]c1.CC(C)(C)c1cnc(N)s1.C[C@@H](O)C#CC(C)(C)C. The van der Waals surface area contributed by atoms with Gasteiger partial charge in [-0.3, -0.25) is 24.5 Å². The Kier molecular flexibility index (Phi) is 48.3. The van der Waals surface area contributed by atoms with Gasteiger partial charge in [-0.25, -0.2) is 24.9 Å². The smallest absolute Gasteiger partial charge is 0.248 e. The van der Waals surface area contributed by atoms with Gasteiger partial charge in [0.05, 0.1) is 22.1 Å². The van der Waals surface area contributed by atoms with Crippen molar-refractivity contribution in [2.45, 2.75) is 360 Å². The molecule has 2 aromatic carbocycles. The quantitative estimate of drug-likeness (QED) is 0.0763. The molecule has 0 spiro atoms. The average Bonchev–Trinajstić information content (AvgIpc) is 1.65. The van der Waals surface area contributed by atoms with E-state index in [1.165, 1.54) is 88.6 Å². The lowest BCUT2D eigenvalue weighted by molar-refractivity contribution is -0.115. The minimum Gasteiger partial charge on any atom is -0.384 e. The van der Waals surface area contributed by atoms with Crippen molar-refractivity contribution in [2.75, 3.05) is 28.7 Å². The lowest BCUT2D eigenvalue weighted by Gasteiger charge is -2.34. The number of carbonyl (C=O) groups excluding carboxylic acids is 3. The van der Waals surface area contributed by atoms with E-state index in [9.17, 15) is 14.4 Å². The Morgan fingerprint density at radius 3 is 1.27 bits per heavy atom. The predicted octanol–water partition coefficient (Wildman–Crippen LogP) is 25.9. The molecule has 21 heteroatoms. The molecule has 3 amide bonds. The number of hydrogen-bond donors (Lipinski definition) is 8. The molecule has 0 bridgehead atoms. The number of aliphatic hydroxyl groups excluding tert-OH is 2. The Balaban J connectivity index is 0. The second-order valence-corrected chi connectivity index (χ2v) is 47.8. The number of primary amides is 1. The Labute approximate surface area is 765 Å². The van der Waals surface area contributed by atoms with Gasteiger partial charge in [0, 0.05) is 93.9 Å². The molecule has 2 saturated carbocycles. The van der Waals surface area contributed by atoms with Crippen LogP contribution in [0.25, 0.3) is 10.2 Å². The minimum atomic E-state index is -0.496. The van der Waals surface area contributed by atoms with Gasteiger partial charge in [-0.2, -0.15) is 5.10 Å². The number of nitrogens with zero attached hydrogens (tertiary/aromatic N) is 7. The van der Waals surface area contributed by atoms with E-state index in [2.05, 4.69) is 333 Å². The predicted molar refractivity (Wildman–Crippen MR) is 536 cm³/mol. The van der Waals surface area contributed by atoms with Crippen LogP contribution in [0.5, 0.6) is 0 Å². The summed E-state index contributed by atoms with van der Waals surface area (Å²) in [5, 5.41) is 31.0. The third kappa shape index (κ3) is 58.0. The van der Waals surface area contributed by atoms with Crippen LogP contribution < -0.4 is 27.8 Å². The summed E-state index contributed by atoms with van der Waals surface area (Å²) >= 11 is 4.60. The second kappa shape index (κ2) is 50.8. The van der Waals surface area contributed by atoms with Crippen LogP contribution in [0.2, 0.25) is 0 Å². The number of aliphatic hydroxyl groups is 2. The largest absolute Gasteiger partial charge is 0.384 e. The zero-order valence-electron chi connectivity index (χ0n) is 84.8. The number of carbonyl (C=O) groups is 3. The van der Waals surface area contributed by atoms with E-state index in [4.69, 9.17) is 27.4 Å². The van der Waals surface area contributed by atoms with Gasteiger partial charge < -0.3 is 38.0 Å². The number of nitrogen functional groups attached to an aromatic ring is 2. The summed E-state index contributed by atoms with van der Waals surface area (Å²) in [6.45, 7) is 88.8. The molecule has 2 aliphatic rings. The van der Waals surface area contributed by atoms with Gasteiger partial charge in [0.25, 0.3) is 0 Å². The maximum absolute atomic E-state index is 11.0. The standard InChI is InChI=1S/C13H16N2OS.C11H15NO.C9H14N2OS.C9H13N.C9H14.C8H13N3.C8H14O.C8H18.C7H12N2S.C7H12N2.C7H12O.C7H14/c1-8(16)14-12-15-10-6-5-9(13(2,3)4)7-11(10)17-12;1-11(2,3)9-6-4-5-8(7-9)10(12)13;1-6(12)11-8-10-5-7(13-8)9(2,3)4;1-9(2,3)8-5-4-6-10-7-8;1-9(2,3)7-6-8-4-5-8;1-8(2,3)6-4-5-10-7(9)11-6;1-7(9)5-6-8(2,3)4;1-7(2,3)8(4,5)6;1-7(2,3)5-4-9-6(8)10-5;1-7(2,3)6-4-8-9-5-6;1-7(2,3)5-4-6-8;1-7(2,3)6-4-5-6/h5-7H,1-4H3,(H,14,15,16);4-7H,1-3H3,(H2,12,13);5H,1-4H3,(H,10,11,12);4-7H,1-3H3;8H,4-5H2,1-3H3;4-5H,1-3H3,(H2,9,10,11);7,9H,1-4H3;1-6H3;4H,1-3H3,(H2,8,9);4-5H,1-3H3,(H,8,9);8H,6H2,1-3H3;6H,4-5H2,1-3H3/t;;;;;;7-;;;;;/m......1...../s1. The average molecular weight is 1760 g/mol. The molecular formula is C103H167N13O5S3. The number of H-pyrrole nitrogens is 1. The molecule has 2 aliphatic carbocycles. The molecule has 11 N–H and O–H groups in total. The van der Waals surface area contributed by atoms with E-state index in [1.54, 1.807) is 36.7 Å². The van der Waals surface area contributed by atoms with E-state index in [0.717, 1.165) is 33.3 Å². The van der Waals surface area contributed by atoms with E-state index in [0.29, 0.717) is 43.2 Å². The van der Waals surface area contributed by atoms with Crippen LogP contribution in [0.3, 0.4) is 0 Å². The highest BCUT2D eigenvalue weighted by atomic mass is 32.1. The van der Waals surface area contributed by atoms with Crippen LogP contribution in [0.1, 0.15) is 365 Å². The van der Waals surface area contributed by atoms with Gasteiger partial charge in [-0.1, -0.05) is 279 Å². The number of nitrogens with one attached hydrogen (secondary N) is 3. The molecular weight excluding hydrogens is 1600 g/mol. The van der Waals surface area contributed by atoms with Gasteiger partial charge in [0.1, 0.15) is 12.7 Å². The minimum absolute atomic E-state index is 0.0109. The first-order valence-electron chi connectivity index (χ1n) is 43.2. The van der Waals surface area contributed by atoms with E-state index < -0.39 is 6.10 Å². The summed E-state index contributed by atoms with van der Waals surface area (Å²) in [7, 11) is 0. The van der Waals surface area contributed by atoms with Gasteiger partial charge in [-0.05, 0) is 208 Å². The first-order valence-corrected chi connectivity index (χ1v) is 45.6. The van der Waals surface area contributed by atoms with Crippen LogP contribution in [-0.2, 0) is 47.5 Å². The van der Waals surface area contributed by atoms with Crippen molar-refractivity contribution in [2.24, 2.45) is 50.1 Å². The molecule has 6 aromatic heterocycles. The molecule has 1 atom stereocenters. The Bertz CT molecular complexity index is 4570. The Hall–Kier alpha value is -8.36. The van der Waals surface area contributed by atoms with Crippen LogP contribution in [0.15, 0.2) is 104 Å². The highest BCUT2D eigenvalue weighted by Gasteiger charge is 2.33. The molecule has 0 aliphatic heterocycles. The van der Waals surface area contributed by atoms with Crippen LogP contribution in [0, 0.1) is 79.8 Å². The molecule has 8 aromatic rings. The second-order valence-electron chi connectivity index (χ2n) is 44.7. The zero-order chi connectivity index (χ0) is 97.0. The maximum atomic E-state index is 11.0. The van der Waals surface area contributed by atoms with Crippen molar-refractivity contribution >= 4 is 83.3 Å². The Morgan fingerprint density at radius 1 is 0.500 bits per heavy atom. The molecule has 0 radical (unpaired) electrons. The lowest BCUT2D eigenvalue weighted by Crippen LogP contribution is -2.25. The summed E-state index contributed by atoms with van der Waals surface area (Å²) < 4.78 is 1.11. The fourth-order valence-corrected chi connectivity index (χ4v) is 11.2. The molecule has 10 rings (SSSR count). The van der Waals surface area contributed by atoms with Crippen LogP contribution in [0.4, 0.5) is 21.3 Å². The maximum Gasteiger partial charge on any atom is 0.248 e. The Morgan fingerprint density at radius 2 is 0.976 bits per heavy atom. The number of aromatic nitrogens is 8. The number of rotatable bonds is 3. The molecule has 2 fully saturated rings. The summed E-state index contributed by atoms with van der Waals surface area (Å²) in [4.78, 5) is 59.5. The number of amides is 3. The van der Waals surface area contributed by atoms with Crippen molar-refractivity contribution < 1.29 is 24.6 Å². The first kappa shape index (κ1) is 118. The zero-order valence-corrected chi connectivity index (χ0v) is 87.2. The normalized spacial score (nSPS) is 13.0. The highest BCUT2D eigenvalue weighted by Crippen LogP contribution is 2.44. The third-order valence-electron chi connectivity index (χ3n) is 18.2. The van der Waals surface area contributed by atoms with Gasteiger partial charge in [-0.15, -0.1) is 22.7 Å². The third-order valence-corrected chi connectivity index (χ3v) is 21.7. The number of anilines is 4. The summed E-state index contributed by atoms with van der Waals surface area (Å²) in [6, 6.07) is 19.7. The first-order chi connectivity index (χ1) is 55.8. The van der Waals surface area contributed by atoms with Crippen molar-refractivity contribution in [3.63, 3.8) is 0 Å². The molecule has 6 heterocycles. The molecule has 0 unspecified atom stereocenters. The molecule has 18 nitrogen and oxygen atoms in total. The van der Waals surface area contributed by atoms with Crippen molar-refractivity contribution in [3.05, 3.63) is 147 Å². The molecule has 124 heavy (non-hydrogen) atoms. The van der Waals surface area contributed by atoms with Gasteiger partial charge in [0.2, 0.25) is 23.7 Å². The van der Waals surface area contributed by atoms with Crippen molar-refractivity contribution in [3.8, 4) is 35.5 Å². The number of aromatic amines is 1. The fourth-order valence-electron chi connectivity index (χ4n) is 8.58. The molecule has 692 valence electrons. The van der Waals surface area contributed by atoms with E-state index >= 15 is 0 Å². The fraction of sp³-hybridized carbons (Fsp3) is 0.612. The number of thiazole rings is 3. The number of hydrogen-bond acceptors (Lipinski definition) is 17. The van der Waals surface area contributed by atoms with Gasteiger partial charge in [0.15, 0.2) is 15.4 Å². The van der Waals surface area contributed by atoms with E-state index in [-0.39, 0.29) is 78.5 Å². The number of nitrogens with two attached hydrogens (primary N) is 3. The highest BCUT2D eigenvalue weighted by molar-refractivity contribution is 7.22. The molecule has 0 saturated heterocycles. The van der Waals surface area contributed by atoms with Crippen LogP contribution in [-0.4, -0.2) is 80.7 Å². The summed E-state index contributed by atoms with van der Waals surface area (Å²) in [5.74, 6) is 19.2. The number of benzene rings is 2. The number of fused-ring (bicyclic) bond motifs is 1. The monoisotopic (exact) mass is 1760 g/mol. The number of pyridine rings is 1. The summed E-state index contributed by atoms with van der Waals surface area (Å²) in [6.07, 6.45) is 18.0. The van der Waals surface area contributed by atoms with E-state index in [1.807, 2.05) is 109 Å². The van der Waals surface area contributed by atoms with Gasteiger partial charge >= 0.3 is 0 Å². The van der Waals surface area contributed by atoms with Crippen LogP contribution >= 0.6 is 34.0 Å². The van der Waals surface area contributed by atoms with Crippen molar-refractivity contribution in [1.29, 1.82) is 0 Å².